The van der Waals surface area contributed by atoms with Gasteiger partial charge in [-0.3, -0.25) is 0 Å². The van der Waals surface area contributed by atoms with Crippen molar-refractivity contribution in [2.75, 3.05) is 0 Å². The molecular weight excluding hydrogens is 617 g/mol. The van der Waals surface area contributed by atoms with Crippen LogP contribution in [0, 0.1) is 13.8 Å². The lowest BCUT2D eigenvalue weighted by molar-refractivity contribution is 0.0460. The van der Waals surface area contributed by atoms with E-state index in [1.165, 1.54) is 23.5 Å². The first-order chi connectivity index (χ1) is 22.3. The van der Waals surface area contributed by atoms with E-state index in [0.717, 1.165) is 32.0 Å². The second-order valence-corrected chi connectivity index (χ2v) is 12.8. The van der Waals surface area contributed by atoms with Gasteiger partial charge in [0.2, 0.25) is 0 Å². The number of aryl methyl sites for hydroxylation is 2. The Hall–Kier alpha value is -4.66. The highest BCUT2D eigenvalue weighted by Gasteiger charge is 2.20. The summed E-state index contributed by atoms with van der Waals surface area (Å²) >= 11 is 3.08. The van der Waals surface area contributed by atoms with Crippen LogP contribution >= 0.6 is 23.5 Å². The maximum Gasteiger partial charge on any atom is 0.342 e. The number of hydrogen-bond donors (Lipinski definition) is 2. The molecule has 6 nitrogen and oxygen atoms in total. The van der Waals surface area contributed by atoms with Crippen molar-refractivity contribution in [3.63, 3.8) is 0 Å². The number of esters is 2. The van der Waals surface area contributed by atoms with Crippen molar-refractivity contribution in [2.45, 2.75) is 48.4 Å². The fourth-order valence-corrected chi connectivity index (χ4v) is 7.03. The molecule has 234 valence electrons. The zero-order valence-corrected chi connectivity index (χ0v) is 27.2. The first-order valence-electron chi connectivity index (χ1n) is 14.7. The molecule has 0 saturated carbocycles. The lowest BCUT2D eigenvalue weighted by atomic mass is 10.1. The van der Waals surface area contributed by atoms with Crippen LogP contribution in [0.2, 0.25) is 0 Å². The third-order valence-electron chi connectivity index (χ3n) is 7.15. The Balaban J connectivity index is 1.25. The molecule has 0 unspecified atom stereocenters. The summed E-state index contributed by atoms with van der Waals surface area (Å²) in [6, 6.07) is 33.7. The average molecular weight is 651 g/mol. The minimum Gasteiger partial charge on any atom is -0.507 e. The SMILES string of the molecule is Cc1cc(CSc2ccccc2SCc2cc(C)cc(C(=O)OCc3ccccc3)c2O)c(O)c(C(=O)OCc2ccccc2)c1. The van der Waals surface area contributed by atoms with Gasteiger partial charge in [0.05, 0.1) is 0 Å². The van der Waals surface area contributed by atoms with Gasteiger partial charge in [0.1, 0.15) is 35.8 Å². The fraction of sp³-hybridized carbons (Fsp3) is 0.158. The number of ether oxygens (including phenoxy) is 2. The van der Waals surface area contributed by atoms with Crippen molar-refractivity contribution in [1.29, 1.82) is 0 Å². The molecule has 0 radical (unpaired) electrons. The molecule has 0 bridgehead atoms. The first-order valence-corrected chi connectivity index (χ1v) is 16.7. The number of thioether (sulfide) groups is 2. The molecule has 0 aliphatic heterocycles. The number of benzene rings is 5. The van der Waals surface area contributed by atoms with Gasteiger partial charge in [0.25, 0.3) is 0 Å². The summed E-state index contributed by atoms with van der Waals surface area (Å²) in [4.78, 5) is 27.7. The van der Waals surface area contributed by atoms with Crippen LogP contribution < -0.4 is 0 Å². The molecule has 0 aliphatic rings. The maximum atomic E-state index is 12.9. The zero-order chi connectivity index (χ0) is 32.5. The number of phenols is 2. The average Bonchev–Trinajstić information content (AvgIpc) is 3.07. The Bertz CT molecular complexity index is 1690. The lowest BCUT2D eigenvalue weighted by Gasteiger charge is -2.14. The molecule has 0 saturated heterocycles. The van der Waals surface area contributed by atoms with Crippen LogP contribution in [-0.4, -0.2) is 22.2 Å². The van der Waals surface area contributed by atoms with Crippen molar-refractivity contribution < 1.29 is 29.3 Å². The van der Waals surface area contributed by atoms with Gasteiger partial charge in [0.15, 0.2) is 0 Å². The highest BCUT2D eigenvalue weighted by atomic mass is 32.2. The molecule has 46 heavy (non-hydrogen) atoms. The smallest absolute Gasteiger partial charge is 0.342 e. The number of hydrogen-bond acceptors (Lipinski definition) is 8. The van der Waals surface area contributed by atoms with Gasteiger partial charge in [-0.15, -0.1) is 23.5 Å². The summed E-state index contributed by atoms with van der Waals surface area (Å²) < 4.78 is 11.0. The van der Waals surface area contributed by atoms with E-state index in [0.29, 0.717) is 22.6 Å². The van der Waals surface area contributed by atoms with Gasteiger partial charge in [-0.05, 0) is 60.4 Å². The Morgan fingerprint density at radius 3 is 1.33 bits per heavy atom. The molecule has 0 fully saturated rings. The molecular formula is C38H34O6S2. The minimum atomic E-state index is -0.575. The minimum absolute atomic E-state index is 0.0855. The molecule has 0 aromatic heterocycles. The van der Waals surface area contributed by atoms with Crippen LogP contribution in [0.25, 0.3) is 0 Å². The highest BCUT2D eigenvalue weighted by Crippen LogP contribution is 2.38. The predicted octanol–water partition coefficient (Wildman–Crippen LogP) is 9.01. The highest BCUT2D eigenvalue weighted by molar-refractivity contribution is 8.01. The van der Waals surface area contributed by atoms with E-state index in [-0.39, 0.29) is 35.8 Å². The van der Waals surface area contributed by atoms with Gasteiger partial charge < -0.3 is 19.7 Å². The van der Waals surface area contributed by atoms with E-state index in [4.69, 9.17) is 9.47 Å². The summed E-state index contributed by atoms with van der Waals surface area (Å²) in [7, 11) is 0. The third kappa shape index (κ3) is 8.53. The Labute approximate surface area is 277 Å². The molecule has 0 atom stereocenters. The van der Waals surface area contributed by atoms with Gasteiger partial charge >= 0.3 is 11.9 Å². The van der Waals surface area contributed by atoms with E-state index in [9.17, 15) is 19.8 Å². The monoisotopic (exact) mass is 650 g/mol. The number of rotatable bonds is 12. The zero-order valence-electron chi connectivity index (χ0n) is 25.6. The third-order valence-corrected chi connectivity index (χ3v) is 9.52. The van der Waals surface area contributed by atoms with E-state index in [2.05, 4.69) is 0 Å². The van der Waals surface area contributed by atoms with Crippen molar-refractivity contribution in [2.24, 2.45) is 0 Å². The molecule has 0 spiro atoms. The molecule has 8 heteroatoms. The standard InChI is InChI=1S/C38H34O6S2/c1-25-17-29(35(39)31(19-25)37(41)43-21-27-11-5-3-6-12-27)23-45-33-15-9-10-16-34(33)46-24-30-18-26(2)20-32(36(30)40)38(42)44-22-28-13-7-4-8-14-28/h3-20,39-40H,21-24H2,1-2H3. The van der Waals surface area contributed by atoms with Crippen molar-refractivity contribution in [1.82, 2.24) is 0 Å². The topological polar surface area (TPSA) is 93.1 Å². The molecule has 2 N–H and O–H groups in total. The molecule has 5 aromatic carbocycles. The van der Waals surface area contributed by atoms with Crippen LogP contribution in [0.4, 0.5) is 0 Å². The van der Waals surface area contributed by atoms with Gasteiger partial charge in [-0.2, -0.15) is 0 Å². The second-order valence-electron chi connectivity index (χ2n) is 10.8. The summed E-state index contributed by atoms with van der Waals surface area (Å²) in [5.74, 6) is -0.466. The van der Waals surface area contributed by atoms with Crippen molar-refractivity contribution >= 4 is 35.5 Å². The number of aromatic hydroxyl groups is 2. The number of phenolic OH excluding ortho intramolecular Hbond substituents is 2. The van der Waals surface area contributed by atoms with E-state index in [1.807, 2.05) is 111 Å². The molecule has 5 aromatic rings. The van der Waals surface area contributed by atoms with Gasteiger partial charge in [-0.25, -0.2) is 9.59 Å². The molecule has 0 aliphatic carbocycles. The quantitative estimate of drug-likeness (QED) is 0.102. The van der Waals surface area contributed by atoms with Gasteiger partial charge in [0, 0.05) is 32.4 Å². The molecule has 0 amide bonds. The van der Waals surface area contributed by atoms with Crippen molar-refractivity contribution in [3.05, 3.63) is 154 Å². The summed E-state index contributed by atoms with van der Waals surface area (Å²) in [5.41, 5.74) is 4.96. The van der Waals surface area contributed by atoms with Crippen LogP contribution in [0.5, 0.6) is 11.5 Å². The molecule has 5 rings (SSSR count). The summed E-state index contributed by atoms with van der Waals surface area (Å²) in [6.45, 7) is 4.00. The van der Waals surface area contributed by atoms with E-state index in [1.54, 1.807) is 12.1 Å². The van der Waals surface area contributed by atoms with Crippen LogP contribution in [0.15, 0.2) is 119 Å². The van der Waals surface area contributed by atoms with Crippen molar-refractivity contribution in [3.8, 4) is 11.5 Å². The summed E-state index contributed by atoms with van der Waals surface area (Å²) in [6.07, 6.45) is 0. The Kier molecular flexibility index (Phi) is 11.1. The van der Waals surface area contributed by atoms with E-state index >= 15 is 0 Å². The number of carbonyl (C=O) groups excluding carboxylic acids is 2. The van der Waals surface area contributed by atoms with Crippen LogP contribution in [0.3, 0.4) is 0 Å². The number of carbonyl (C=O) groups is 2. The van der Waals surface area contributed by atoms with E-state index < -0.39 is 11.9 Å². The fourth-order valence-electron chi connectivity index (χ4n) is 4.84. The lowest BCUT2D eigenvalue weighted by Crippen LogP contribution is -2.07. The predicted molar refractivity (Wildman–Crippen MR) is 182 cm³/mol. The van der Waals surface area contributed by atoms with Crippen LogP contribution in [0.1, 0.15) is 54.1 Å². The summed E-state index contributed by atoms with van der Waals surface area (Å²) in [5, 5.41) is 22.1. The Morgan fingerprint density at radius 2 is 0.935 bits per heavy atom. The molecule has 0 heterocycles. The first kappa shape index (κ1) is 32.7. The van der Waals surface area contributed by atoms with Gasteiger partial charge in [-0.1, -0.05) is 84.9 Å². The largest absolute Gasteiger partial charge is 0.507 e. The normalized spacial score (nSPS) is 10.8. The second kappa shape index (κ2) is 15.6. The Morgan fingerprint density at radius 1 is 0.565 bits per heavy atom. The van der Waals surface area contributed by atoms with Crippen LogP contribution in [-0.2, 0) is 34.2 Å². The maximum absolute atomic E-state index is 12.9.